The van der Waals surface area contributed by atoms with Crippen LogP contribution in [-0.4, -0.2) is 17.3 Å². The van der Waals surface area contributed by atoms with Gasteiger partial charge in [0.15, 0.2) is 0 Å². The largest absolute Gasteiger partial charge is 0.393 e. The summed E-state index contributed by atoms with van der Waals surface area (Å²) >= 11 is 0. The highest BCUT2D eigenvalue weighted by molar-refractivity contribution is 5.09. The molecule has 8 atom stereocenters. The van der Waals surface area contributed by atoms with E-state index in [1.54, 1.807) is 0 Å². The normalized spacial score (nSPS) is 60.0. The molecule has 2 heteroatoms. The monoisotopic (exact) mass is 291 g/mol. The number of aliphatic hydroxyl groups is 1. The minimum Gasteiger partial charge on any atom is -0.393 e. The van der Waals surface area contributed by atoms with Crippen molar-refractivity contribution in [3.63, 3.8) is 0 Å². The fourth-order valence-corrected chi connectivity index (χ4v) is 7.26. The summed E-state index contributed by atoms with van der Waals surface area (Å²) in [5, 5.41) is 10.5. The maximum Gasteiger partial charge on any atom is 0.0596 e. The van der Waals surface area contributed by atoms with E-state index in [-0.39, 0.29) is 11.5 Å². The van der Waals surface area contributed by atoms with E-state index in [4.69, 9.17) is 5.73 Å². The molecular formula is C19H33NO. The van der Waals surface area contributed by atoms with Gasteiger partial charge in [-0.05, 0) is 92.3 Å². The van der Waals surface area contributed by atoms with Crippen LogP contribution < -0.4 is 5.73 Å². The Labute approximate surface area is 129 Å². The Balaban J connectivity index is 1.62. The molecule has 0 heterocycles. The molecule has 0 saturated heterocycles. The van der Waals surface area contributed by atoms with Gasteiger partial charge in [0.1, 0.15) is 0 Å². The van der Waals surface area contributed by atoms with E-state index in [9.17, 15) is 5.11 Å². The smallest absolute Gasteiger partial charge is 0.0596 e. The SMILES string of the molecule is C[C@]12CC[C@H](N)C[C@@H]1CC[C@H]1[C@H]3CC[C@H](O)[C@]3(C)CC[C@@H]12. The Morgan fingerprint density at radius 1 is 0.857 bits per heavy atom. The Kier molecular flexibility index (Phi) is 3.25. The first-order valence-electron chi connectivity index (χ1n) is 9.39. The first-order chi connectivity index (χ1) is 9.95. The molecule has 0 bridgehead atoms. The number of fused-ring (bicyclic) bond motifs is 5. The Morgan fingerprint density at radius 2 is 1.57 bits per heavy atom. The maximum absolute atomic E-state index is 10.5. The van der Waals surface area contributed by atoms with Crippen LogP contribution in [0.2, 0.25) is 0 Å². The van der Waals surface area contributed by atoms with Gasteiger partial charge in [0.25, 0.3) is 0 Å². The Morgan fingerprint density at radius 3 is 2.38 bits per heavy atom. The van der Waals surface area contributed by atoms with Crippen molar-refractivity contribution in [1.29, 1.82) is 0 Å². The van der Waals surface area contributed by atoms with E-state index in [2.05, 4.69) is 13.8 Å². The Hall–Kier alpha value is -0.0800. The van der Waals surface area contributed by atoms with Crippen LogP contribution in [0.5, 0.6) is 0 Å². The van der Waals surface area contributed by atoms with Gasteiger partial charge in [-0.15, -0.1) is 0 Å². The van der Waals surface area contributed by atoms with Crippen molar-refractivity contribution in [2.75, 3.05) is 0 Å². The lowest BCUT2D eigenvalue weighted by atomic mass is 9.45. The van der Waals surface area contributed by atoms with E-state index < -0.39 is 0 Å². The molecule has 0 aromatic heterocycles. The molecule has 0 aromatic rings. The number of nitrogens with two attached hydrogens (primary N) is 1. The van der Waals surface area contributed by atoms with Crippen molar-refractivity contribution in [2.24, 2.45) is 40.2 Å². The third kappa shape index (κ3) is 1.91. The zero-order chi connectivity index (χ0) is 14.8. The highest BCUT2D eigenvalue weighted by Gasteiger charge is 2.59. The standard InChI is InChI=1S/C19H33NO/c1-18-9-7-13(20)11-12(18)3-4-14-15-5-6-17(21)19(15,2)10-8-16(14)18/h12-17,21H,3-11,20H2,1-2H3/t12-,13-,14-,15+,16-,17-,18-,19+/m0/s1. The molecule has 4 rings (SSSR count). The van der Waals surface area contributed by atoms with Crippen molar-refractivity contribution in [3.05, 3.63) is 0 Å². The van der Waals surface area contributed by atoms with E-state index in [1.807, 2.05) is 0 Å². The second-order valence-electron chi connectivity index (χ2n) is 9.33. The quantitative estimate of drug-likeness (QED) is 0.714. The van der Waals surface area contributed by atoms with Crippen LogP contribution in [0.15, 0.2) is 0 Å². The molecule has 2 nitrogen and oxygen atoms in total. The summed E-state index contributed by atoms with van der Waals surface area (Å²) in [7, 11) is 0. The number of hydrogen-bond acceptors (Lipinski definition) is 2. The topological polar surface area (TPSA) is 46.2 Å². The summed E-state index contributed by atoms with van der Waals surface area (Å²) in [6.45, 7) is 4.98. The molecule has 3 N–H and O–H groups in total. The molecule has 0 aromatic carbocycles. The van der Waals surface area contributed by atoms with E-state index in [0.717, 1.165) is 30.1 Å². The summed E-state index contributed by atoms with van der Waals surface area (Å²) in [6.07, 6.45) is 11.6. The van der Waals surface area contributed by atoms with Gasteiger partial charge >= 0.3 is 0 Å². The van der Waals surface area contributed by atoms with Crippen molar-refractivity contribution in [1.82, 2.24) is 0 Å². The molecule has 4 aliphatic rings. The van der Waals surface area contributed by atoms with Gasteiger partial charge in [-0.3, -0.25) is 0 Å². The third-order valence-corrected chi connectivity index (χ3v) is 8.66. The van der Waals surface area contributed by atoms with Crippen LogP contribution in [0.4, 0.5) is 0 Å². The Bertz CT molecular complexity index is 424. The van der Waals surface area contributed by atoms with Crippen molar-refractivity contribution < 1.29 is 5.11 Å². The molecule has 0 radical (unpaired) electrons. The highest BCUT2D eigenvalue weighted by Crippen LogP contribution is 2.66. The lowest BCUT2D eigenvalue weighted by molar-refractivity contribution is -0.122. The molecule has 21 heavy (non-hydrogen) atoms. The second-order valence-corrected chi connectivity index (χ2v) is 9.33. The van der Waals surface area contributed by atoms with E-state index >= 15 is 0 Å². The summed E-state index contributed by atoms with van der Waals surface area (Å²) in [5.41, 5.74) is 7.04. The first-order valence-corrected chi connectivity index (χ1v) is 9.39. The number of rotatable bonds is 0. The lowest BCUT2D eigenvalue weighted by Gasteiger charge is -2.60. The van der Waals surface area contributed by atoms with Crippen LogP contribution in [0, 0.1) is 34.5 Å². The van der Waals surface area contributed by atoms with Crippen LogP contribution in [0.3, 0.4) is 0 Å². The average molecular weight is 291 g/mol. The van der Waals surface area contributed by atoms with Gasteiger partial charge in [-0.1, -0.05) is 13.8 Å². The minimum absolute atomic E-state index is 0.0336. The third-order valence-electron chi connectivity index (χ3n) is 8.66. The van der Waals surface area contributed by atoms with Crippen LogP contribution in [0.1, 0.15) is 71.6 Å². The van der Waals surface area contributed by atoms with Gasteiger partial charge in [0.2, 0.25) is 0 Å². The average Bonchev–Trinajstić information content (AvgIpc) is 2.76. The zero-order valence-electron chi connectivity index (χ0n) is 13.9. The molecule has 120 valence electrons. The summed E-state index contributed by atoms with van der Waals surface area (Å²) in [6, 6.07) is 0.460. The van der Waals surface area contributed by atoms with Gasteiger partial charge in [-0.25, -0.2) is 0 Å². The van der Waals surface area contributed by atoms with Crippen LogP contribution in [-0.2, 0) is 0 Å². The van der Waals surface area contributed by atoms with Gasteiger partial charge < -0.3 is 10.8 Å². The van der Waals surface area contributed by atoms with E-state index in [1.165, 1.54) is 51.4 Å². The molecule has 0 unspecified atom stereocenters. The van der Waals surface area contributed by atoms with E-state index in [0.29, 0.717) is 11.5 Å². The lowest BCUT2D eigenvalue weighted by Crippen LogP contribution is -2.55. The zero-order valence-corrected chi connectivity index (χ0v) is 13.9. The van der Waals surface area contributed by atoms with Crippen molar-refractivity contribution in [2.45, 2.75) is 83.8 Å². The van der Waals surface area contributed by atoms with Crippen LogP contribution in [0.25, 0.3) is 0 Å². The van der Waals surface area contributed by atoms with Crippen molar-refractivity contribution in [3.8, 4) is 0 Å². The summed E-state index contributed by atoms with van der Waals surface area (Å²) < 4.78 is 0. The molecule has 4 saturated carbocycles. The predicted octanol–water partition coefficient (Wildman–Crippen LogP) is 3.72. The number of aliphatic hydroxyl groups excluding tert-OH is 1. The van der Waals surface area contributed by atoms with Gasteiger partial charge in [-0.2, -0.15) is 0 Å². The van der Waals surface area contributed by atoms with Gasteiger partial charge in [0, 0.05) is 6.04 Å². The molecule has 4 fully saturated rings. The molecule has 4 aliphatic carbocycles. The molecule has 0 spiro atoms. The molecule has 0 aliphatic heterocycles. The fourth-order valence-electron chi connectivity index (χ4n) is 7.26. The summed E-state index contributed by atoms with van der Waals surface area (Å²) in [4.78, 5) is 0. The highest BCUT2D eigenvalue weighted by atomic mass is 16.3. The second kappa shape index (κ2) is 4.71. The molecule has 0 amide bonds. The minimum atomic E-state index is -0.0336. The number of hydrogen-bond donors (Lipinski definition) is 2. The van der Waals surface area contributed by atoms with Gasteiger partial charge in [0.05, 0.1) is 6.10 Å². The summed E-state index contributed by atoms with van der Waals surface area (Å²) in [5.74, 6) is 3.46. The predicted molar refractivity (Wildman–Crippen MR) is 85.7 cm³/mol. The fraction of sp³-hybridized carbons (Fsp3) is 1.00. The van der Waals surface area contributed by atoms with Crippen LogP contribution >= 0.6 is 0 Å². The molecular weight excluding hydrogens is 258 g/mol. The maximum atomic E-state index is 10.5. The van der Waals surface area contributed by atoms with Crippen molar-refractivity contribution >= 4 is 0 Å². The first kappa shape index (κ1) is 14.5.